The largest absolute Gasteiger partial charge is 0.361 e. The molecule has 0 spiro atoms. The molecule has 1 unspecified atom stereocenters. The van der Waals surface area contributed by atoms with Crippen LogP contribution in [0.3, 0.4) is 0 Å². The van der Waals surface area contributed by atoms with Crippen LogP contribution in [0.15, 0.2) is 30.5 Å². The maximum atomic E-state index is 12.1. The molecule has 0 aliphatic carbocycles. The number of aromatic amines is 1. The van der Waals surface area contributed by atoms with Crippen molar-refractivity contribution >= 4 is 28.6 Å². The summed E-state index contributed by atoms with van der Waals surface area (Å²) in [5, 5.41) is 14.5. The number of hydrogen-bond acceptors (Lipinski definition) is 5. The Morgan fingerprint density at radius 1 is 1.24 bits per heavy atom. The Morgan fingerprint density at radius 2 is 1.96 bits per heavy atom. The second-order valence-electron chi connectivity index (χ2n) is 5.58. The molecule has 0 aliphatic heterocycles. The molecule has 1 heterocycles. The molecule has 0 saturated heterocycles. The molecule has 0 aliphatic rings. The molecular weight excluding hydrogens is 326 g/mol. The molecule has 0 saturated carbocycles. The van der Waals surface area contributed by atoms with E-state index in [-0.39, 0.29) is 12.3 Å². The van der Waals surface area contributed by atoms with E-state index in [1.165, 1.54) is 12.5 Å². The summed E-state index contributed by atoms with van der Waals surface area (Å²) in [6.45, 7) is 0. The number of carbonyl (C=O) groups is 3. The summed E-state index contributed by atoms with van der Waals surface area (Å²) in [6.07, 6.45) is 1.65. The van der Waals surface area contributed by atoms with Crippen molar-refractivity contribution in [3.8, 4) is 0 Å². The zero-order valence-electron chi connectivity index (χ0n) is 13.7. The van der Waals surface area contributed by atoms with E-state index in [1.54, 1.807) is 6.20 Å². The Hall–Kier alpha value is -2.91. The summed E-state index contributed by atoms with van der Waals surface area (Å²) in [5.74, 6) is -1.81. The van der Waals surface area contributed by atoms with Gasteiger partial charge in [0.25, 0.3) is 0 Å². The minimum Gasteiger partial charge on any atom is -0.361 e. The highest BCUT2D eigenvalue weighted by molar-refractivity contribution is 5.93. The molecule has 1 aromatic heterocycles. The standard InChI is InChI=1S/C16H21N5O4/c1-18-16(24)13(20-15(23)11(17)7-14(22)21-25)6-9-8-19-12-5-3-2-4-10(9)12/h2-5,8,11,13,19,25H,6-7,17H2,1H3,(H,18,24)(H,20,23)(H,21,22)/t11-,13?/m1/s1. The van der Waals surface area contributed by atoms with Crippen LogP contribution in [0, 0.1) is 0 Å². The van der Waals surface area contributed by atoms with Crippen molar-refractivity contribution in [1.82, 2.24) is 21.1 Å². The smallest absolute Gasteiger partial charge is 0.245 e. The van der Waals surface area contributed by atoms with E-state index in [4.69, 9.17) is 10.9 Å². The molecule has 2 atom stereocenters. The Labute approximate surface area is 143 Å². The minimum absolute atomic E-state index is 0.258. The number of nitrogens with one attached hydrogen (secondary N) is 4. The van der Waals surface area contributed by atoms with Crippen LogP contribution < -0.4 is 21.8 Å². The van der Waals surface area contributed by atoms with E-state index in [0.29, 0.717) is 0 Å². The topological polar surface area (TPSA) is 149 Å². The molecule has 9 heteroatoms. The average molecular weight is 347 g/mol. The lowest BCUT2D eigenvalue weighted by Crippen LogP contribution is -2.52. The number of hydroxylamine groups is 1. The summed E-state index contributed by atoms with van der Waals surface area (Å²) in [5.41, 5.74) is 8.83. The minimum atomic E-state index is -1.18. The van der Waals surface area contributed by atoms with E-state index < -0.39 is 30.3 Å². The zero-order chi connectivity index (χ0) is 18.4. The first-order chi connectivity index (χ1) is 12.0. The van der Waals surface area contributed by atoms with Crippen LogP contribution >= 0.6 is 0 Å². The maximum Gasteiger partial charge on any atom is 0.245 e. The molecule has 0 radical (unpaired) electrons. The number of rotatable bonds is 7. The molecule has 1 aromatic carbocycles. The molecule has 3 amide bonds. The second kappa shape index (κ2) is 8.27. The van der Waals surface area contributed by atoms with Crippen LogP contribution in [-0.2, 0) is 20.8 Å². The van der Waals surface area contributed by atoms with Crippen LogP contribution in [0.4, 0.5) is 0 Å². The van der Waals surface area contributed by atoms with Crippen molar-refractivity contribution in [1.29, 1.82) is 0 Å². The summed E-state index contributed by atoms with van der Waals surface area (Å²) in [6, 6.07) is 5.58. The lowest BCUT2D eigenvalue weighted by atomic mass is 10.0. The Morgan fingerprint density at radius 3 is 2.64 bits per heavy atom. The van der Waals surface area contributed by atoms with Crippen molar-refractivity contribution < 1.29 is 19.6 Å². The fourth-order valence-electron chi connectivity index (χ4n) is 2.52. The second-order valence-corrected chi connectivity index (χ2v) is 5.58. The van der Waals surface area contributed by atoms with Crippen molar-refractivity contribution in [2.75, 3.05) is 7.05 Å². The number of likely N-dealkylation sites (N-methyl/N-ethyl adjacent to an activating group) is 1. The highest BCUT2D eigenvalue weighted by Gasteiger charge is 2.25. The third-order valence-electron chi connectivity index (χ3n) is 3.85. The molecule has 0 fully saturated rings. The summed E-state index contributed by atoms with van der Waals surface area (Å²) < 4.78 is 0. The van der Waals surface area contributed by atoms with Gasteiger partial charge >= 0.3 is 0 Å². The van der Waals surface area contributed by atoms with Gasteiger partial charge in [-0.25, -0.2) is 5.48 Å². The van der Waals surface area contributed by atoms with Gasteiger partial charge in [0.2, 0.25) is 17.7 Å². The number of amides is 3. The van der Waals surface area contributed by atoms with Gasteiger partial charge in [0.15, 0.2) is 0 Å². The zero-order valence-corrected chi connectivity index (χ0v) is 13.7. The first-order valence-electron chi connectivity index (χ1n) is 7.71. The van der Waals surface area contributed by atoms with Crippen molar-refractivity contribution in [3.05, 3.63) is 36.0 Å². The third kappa shape index (κ3) is 4.55. The Balaban J connectivity index is 2.12. The van der Waals surface area contributed by atoms with E-state index in [9.17, 15) is 14.4 Å². The van der Waals surface area contributed by atoms with Crippen LogP contribution in [0.25, 0.3) is 10.9 Å². The number of aromatic nitrogens is 1. The van der Waals surface area contributed by atoms with Gasteiger partial charge in [-0.1, -0.05) is 18.2 Å². The van der Waals surface area contributed by atoms with Crippen LogP contribution in [0.5, 0.6) is 0 Å². The van der Waals surface area contributed by atoms with Gasteiger partial charge in [-0.05, 0) is 11.6 Å². The number of nitrogens with two attached hydrogens (primary N) is 1. The van der Waals surface area contributed by atoms with E-state index >= 15 is 0 Å². The number of carbonyl (C=O) groups excluding carboxylic acids is 3. The van der Waals surface area contributed by atoms with Crippen molar-refractivity contribution in [2.24, 2.45) is 5.73 Å². The monoisotopic (exact) mass is 347 g/mol. The fourth-order valence-corrected chi connectivity index (χ4v) is 2.52. The first kappa shape index (κ1) is 18.4. The highest BCUT2D eigenvalue weighted by atomic mass is 16.5. The SMILES string of the molecule is CNC(=O)C(Cc1c[nH]c2ccccc12)NC(=O)[C@H](N)CC(=O)NO. The highest BCUT2D eigenvalue weighted by Crippen LogP contribution is 2.19. The number of fused-ring (bicyclic) bond motifs is 1. The molecule has 134 valence electrons. The van der Waals surface area contributed by atoms with Gasteiger partial charge in [-0.15, -0.1) is 0 Å². The normalized spacial score (nSPS) is 13.1. The predicted molar refractivity (Wildman–Crippen MR) is 90.5 cm³/mol. The molecule has 25 heavy (non-hydrogen) atoms. The maximum absolute atomic E-state index is 12.1. The van der Waals surface area contributed by atoms with Crippen LogP contribution in [0.1, 0.15) is 12.0 Å². The van der Waals surface area contributed by atoms with Crippen molar-refractivity contribution in [2.45, 2.75) is 24.9 Å². The Bertz CT molecular complexity index is 773. The van der Waals surface area contributed by atoms with Gasteiger partial charge in [0.05, 0.1) is 12.5 Å². The van der Waals surface area contributed by atoms with Crippen LogP contribution in [-0.4, -0.2) is 47.0 Å². The molecular formula is C16H21N5O4. The summed E-state index contributed by atoms with van der Waals surface area (Å²) >= 11 is 0. The van der Waals surface area contributed by atoms with Gasteiger partial charge < -0.3 is 21.4 Å². The lowest BCUT2D eigenvalue weighted by Gasteiger charge is -2.19. The van der Waals surface area contributed by atoms with Crippen LogP contribution in [0.2, 0.25) is 0 Å². The number of hydrogen-bond donors (Lipinski definition) is 6. The molecule has 9 nitrogen and oxygen atoms in total. The summed E-state index contributed by atoms with van der Waals surface area (Å²) in [4.78, 5) is 38.5. The first-order valence-corrected chi connectivity index (χ1v) is 7.71. The summed E-state index contributed by atoms with van der Waals surface area (Å²) in [7, 11) is 1.47. The molecule has 2 rings (SSSR count). The molecule has 0 bridgehead atoms. The molecule has 7 N–H and O–H groups in total. The van der Waals surface area contributed by atoms with Gasteiger partial charge in [-0.3, -0.25) is 19.6 Å². The van der Waals surface area contributed by atoms with Crippen molar-refractivity contribution in [3.63, 3.8) is 0 Å². The third-order valence-corrected chi connectivity index (χ3v) is 3.85. The van der Waals surface area contributed by atoms with E-state index in [1.807, 2.05) is 24.3 Å². The lowest BCUT2D eigenvalue weighted by molar-refractivity contribution is -0.133. The van der Waals surface area contributed by atoms with Gasteiger partial charge in [-0.2, -0.15) is 0 Å². The Kier molecular flexibility index (Phi) is 6.09. The average Bonchev–Trinajstić information content (AvgIpc) is 3.03. The molecule has 2 aromatic rings. The van der Waals surface area contributed by atoms with Gasteiger partial charge in [0, 0.05) is 30.6 Å². The fraction of sp³-hybridized carbons (Fsp3) is 0.312. The van der Waals surface area contributed by atoms with E-state index in [2.05, 4.69) is 15.6 Å². The number of benzene rings is 1. The predicted octanol–water partition coefficient (Wildman–Crippen LogP) is -0.836. The quantitative estimate of drug-likeness (QED) is 0.285. The van der Waals surface area contributed by atoms with Gasteiger partial charge in [0.1, 0.15) is 6.04 Å². The van der Waals surface area contributed by atoms with E-state index in [0.717, 1.165) is 16.5 Å². The number of para-hydroxylation sites is 1. The number of H-pyrrole nitrogens is 1.